The highest BCUT2D eigenvalue weighted by atomic mass is 16.6. The van der Waals surface area contributed by atoms with Gasteiger partial charge >= 0.3 is 17.9 Å². The molecule has 0 aliphatic rings. The largest absolute Gasteiger partial charge is 0.462 e. The molecule has 0 aromatic rings. The Labute approximate surface area is 420 Å². The van der Waals surface area contributed by atoms with Crippen molar-refractivity contribution in [2.75, 3.05) is 13.2 Å². The molecule has 0 radical (unpaired) electrons. The summed E-state index contributed by atoms with van der Waals surface area (Å²) in [6.07, 6.45) is 72.9. The quantitative estimate of drug-likeness (QED) is 0.0262. The van der Waals surface area contributed by atoms with Gasteiger partial charge in [-0.25, -0.2) is 0 Å². The fourth-order valence-corrected chi connectivity index (χ4v) is 7.86. The zero-order valence-electron chi connectivity index (χ0n) is 44.6. The van der Waals surface area contributed by atoms with Gasteiger partial charge in [-0.1, -0.05) is 247 Å². The van der Waals surface area contributed by atoms with Crippen molar-refractivity contribution < 1.29 is 28.6 Å². The third-order valence-electron chi connectivity index (χ3n) is 12.1. The Morgan fingerprint density at radius 1 is 0.309 bits per heavy atom. The molecule has 1 atom stereocenters. The number of rotatable bonds is 51. The van der Waals surface area contributed by atoms with Crippen LogP contribution in [0.3, 0.4) is 0 Å². The molecule has 0 saturated carbocycles. The number of unbranched alkanes of at least 4 members (excludes halogenated alkanes) is 26. The van der Waals surface area contributed by atoms with Crippen LogP contribution in [0.1, 0.15) is 271 Å². The first-order valence-corrected chi connectivity index (χ1v) is 28.6. The first-order chi connectivity index (χ1) is 33.5. The second-order valence-corrected chi connectivity index (χ2v) is 18.8. The fraction of sp³-hybridized carbons (Fsp3) is 0.726. The summed E-state index contributed by atoms with van der Waals surface area (Å²) in [5.41, 5.74) is 0. The zero-order chi connectivity index (χ0) is 49.3. The van der Waals surface area contributed by atoms with E-state index in [0.29, 0.717) is 19.3 Å². The van der Waals surface area contributed by atoms with Gasteiger partial charge in [-0.05, 0) is 89.9 Å². The molecule has 0 fully saturated rings. The van der Waals surface area contributed by atoms with Crippen LogP contribution in [0.2, 0.25) is 0 Å². The number of ether oxygens (including phenoxy) is 3. The molecule has 0 aromatic heterocycles. The lowest BCUT2D eigenvalue weighted by Gasteiger charge is -2.18. The minimum Gasteiger partial charge on any atom is -0.462 e. The molecule has 0 saturated heterocycles. The average molecular weight is 948 g/mol. The zero-order valence-corrected chi connectivity index (χ0v) is 44.6. The molecule has 6 heteroatoms. The summed E-state index contributed by atoms with van der Waals surface area (Å²) in [5.74, 6) is -0.970. The molecule has 68 heavy (non-hydrogen) atoms. The number of allylic oxidation sites excluding steroid dienone is 14. The number of esters is 3. The van der Waals surface area contributed by atoms with Crippen molar-refractivity contribution in [1.82, 2.24) is 0 Å². The van der Waals surface area contributed by atoms with Gasteiger partial charge in [0.2, 0.25) is 0 Å². The average Bonchev–Trinajstić information content (AvgIpc) is 3.34. The summed E-state index contributed by atoms with van der Waals surface area (Å²) >= 11 is 0. The van der Waals surface area contributed by atoms with Gasteiger partial charge in [0.25, 0.3) is 0 Å². The van der Waals surface area contributed by atoms with E-state index in [0.717, 1.165) is 103 Å². The van der Waals surface area contributed by atoms with Crippen molar-refractivity contribution in [2.45, 2.75) is 277 Å². The van der Waals surface area contributed by atoms with Gasteiger partial charge < -0.3 is 14.2 Å². The van der Waals surface area contributed by atoms with Crippen LogP contribution in [0.15, 0.2) is 85.1 Å². The summed E-state index contributed by atoms with van der Waals surface area (Å²) in [7, 11) is 0. The molecule has 390 valence electrons. The van der Waals surface area contributed by atoms with Crippen LogP contribution in [0.25, 0.3) is 0 Å². The number of carbonyl (C=O) groups excluding carboxylic acids is 3. The summed E-state index contributed by atoms with van der Waals surface area (Å²) in [5, 5.41) is 0. The molecule has 0 aliphatic heterocycles. The third kappa shape index (κ3) is 53.5. The molecule has 0 aromatic carbocycles. The van der Waals surface area contributed by atoms with E-state index in [4.69, 9.17) is 14.2 Å². The van der Waals surface area contributed by atoms with E-state index in [2.05, 4.69) is 106 Å². The van der Waals surface area contributed by atoms with Crippen molar-refractivity contribution in [3.8, 4) is 0 Å². The predicted octanol–water partition coefficient (Wildman–Crippen LogP) is 19.2. The van der Waals surface area contributed by atoms with Crippen LogP contribution in [0, 0.1) is 0 Å². The highest BCUT2D eigenvalue weighted by Crippen LogP contribution is 2.16. The van der Waals surface area contributed by atoms with E-state index in [-0.39, 0.29) is 37.5 Å². The SMILES string of the molecule is CC/C=C\C/C=C\C/C=C\CCCCCCCC(=O)OC[C@H](COC(=O)CCCCCCCCCCCCCCCCCCCC)OC(=O)CCC/C=C\C/C=C\C/C=C\C/C=C\CCCCC. The van der Waals surface area contributed by atoms with E-state index in [1.807, 2.05) is 0 Å². The topological polar surface area (TPSA) is 78.9 Å². The Balaban J connectivity index is 4.47. The lowest BCUT2D eigenvalue weighted by molar-refractivity contribution is -0.167. The van der Waals surface area contributed by atoms with E-state index >= 15 is 0 Å². The Kier molecular flexibility index (Phi) is 53.4. The Hall–Kier alpha value is -3.41. The number of carbonyl (C=O) groups is 3. The van der Waals surface area contributed by atoms with Gasteiger partial charge in [0.1, 0.15) is 13.2 Å². The maximum atomic E-state index is 12.8. The first-order valence-electron chi connectivity index (χ1n) is 28.6. The van der Waals surface area contributed by atoms with Gasteiger partial charge in [0.15, 0.2) is 6.10 Å². The molecule has 0 spiro atoms. The molecular weight excluding hydrogens is 841 g/mol. The monoisotopic (exact) mass is 947 g/mol. The molecule has 0 N–H and O–H groups in total. The smallest absolute Gasteiger partial charge is 0.306 e. The van der Waals surface area contributed by atoms with Crippen molar-refractivity contribution in [1.29, 1.82) is 0 Å². The molecule has 0 amide bonds. The highest BCUT2D eigenvalue weighted by Gasteiger charge is 2.19. The van der Waals surface area contributed by atoms with Crippen molar-refractivity contribution in [3.05, 3.63) is 85.1 Å². The van der Waals surface area contributed by atoms with Gasteiger partial charge in [0, 0.05) is 19.3 Å². The second kappa shape index (κ2) is 56.2. The van der Waals surface area contributed by atoms with Gasteiger partial charge in [0.05, 0.1) is 0 Å². The van der Waals surface area contributed by atoms with Crippen LogP contribution in [-0.4, -0.2) is 37.2 Å². The molecule has 6 nitrogen and oxygen atoms in total. The van der Waals surface area contributed by atoms with Gasteiger partial charge in [-0.3, -0.25) is 14.4 Å². The second-order valence-electron chi connectivity index (χ2n) is 18.8. The molecule has 0 heterocycles. The van der Waals surface area contributed by atoms with Crippen LogP contribution < -0.4 is 0 Å². The van der Waals surface area contributed by atoms with Crippen molar-refractivity contribution >= 4 is 17.9 Å². The Bertz CT molecular complexity index is 1320. The highest BCUT2D eigenvalue weighted by molar-refractivity contribution is 5.71. The summed E-state index contributed by atoms with van der Waals surface area (Å²) in [6.45, 7) is 6.46. The predicted molar refractivity (Wildman–Crippen MR) is 293 cm³/mol. The summed E-state index contributed by atoms with van der Waals surface area (Å²) in [6, 6.07) is 0. The Morgan fingerprint density at radius 3 is 0.971 bits per heavy atom. The van der Waals surface area contributed by atoms with Crippen molar-refractivity contribution in [2.24, 2.45) is 0 Å². The number of hydrogen-bond donors (Lipinski definition) is 0. The van der Waals surface area contributed by atoms with E-state index in [9.17, 15) is 14.4 Å². The lowest BCUT2D eigenvalue weighted by Crippen LogP contribution is -2.30. The molecule has 0 unspecified atom stereocenters. The summed E-state index contributed by atoms with van der Waals surface area (Å²) in [4.78, 5) is 38.1. The minimum atomic E-state index is -0.811. The van der Waals surface area contributed by atoms with Crippen molar-refractivity contribution in [3.63, 3.8) is 0 Å². The molecule has 0 rings (SSSR count). The molecule has 0 aliphatic carbocycles. The van der Waals surface area contributed by atoms with E-state index < -0.39 is 6.10 Å². The van der Waals surface area contributed by atoms with Crippen LogP contribution in [0.4, 0.5) is 0 Å². The fourth-order valence-electron chi connectivity index (χ4n) is 7.86. The third-order valence-corrected chi connectivity index (χ3v) is 12.1. The molecular formula is C62H106O6. The minimum absolute atomic E-state index is 0.102. The van der Waals surface area contributed by atoms with Gasteiger partial charge in [-0.2, -0.15) is 0 Å². The Morgan fingerprint density at radius 2 is 0.588 bits per heavy atom. The maximum absolute atomic E-state index is 12.8. The van der Waals surface area contributed by atoms with Crippen LogP contribution >= 0.6 is 0 Å². The normalized spacial score (nSPS) is 12.7. The molecule has 0 bridgehead atoms. The van der Waals surface area contributed by atoms with E-state index in [1.165, 1.54) is 122 Å². The summed E-state index contributed by atoms with van der Waals surface area (Å²) < 4.78 is 16.8. The first kappa shape index (κ1) is 64.6. The lowest BCUT2D eigenvalue weighted by atomic mass is 10.0. The van der Waals surface area contributed by atoms with Gasteiger partial charge in [-0.15, -0.1) is 0 Å². The van der Waals surface area contributed by atoms with Crippen LogP contribution in [-0.2, 0) is 28.6 Å². The number of hydrogen-bond acceptors (Lipinski definition) is 6. The standard InChI is InChI=1S/C62H106O6/c1-4-7-10-13-16-19-22-25-28-30-32-34-37-40-43-46-49-52-55-61(64)67-58-59(57-66-60(63)54-51-48-45-42-39-36-33-27-24-21-18-15-12-9-6-3)68-62(65)56-53-50-47-44-41-38-35-31-29-26-23-20-17-14-11-8-5-2/h9,12,17-18,20-21,26-27,29,33,35,38,44,47,59H,4-8,10-11,13-16,19,22-25,28,30-32,34,36-37,39-43,45-46,48-58H2,1-3H3/b12-9-,20-17-,21-18-,29-26-,33-27-,38-35-,47-44-/t59-/m1/s1. The maximum Gasteiger partial charge on any atom is 0.306 e. The van der Waals surface area contributed by atoms with Crippen LogP contribution in [0.5, 0.6) is 0 Å². The van der Waals surface area contributed by atoms with E-state index in [1.54, 1.807) is 0 Å².